The molecular weight excluding hydrogens is 344 g/mol. The third-order valence-corrected chi connectivity index (χ3v) is 4.71. The van der Waals surface area contributed by atoms with Crippen LogP contribution in [-0.2, 0) is 10.2 Å². The summed E-state index contributed by atoms with van der Waals surface area (Å²) in [6, 6.07) is 9.81. The molecule has 7 nitrogen and oxygen atoms in total. The Bertz CT molecular complexity index is 774. The average Bonchev–Trinajstić information content (AvgIpc) is 3.11. The normalized spacial score (nSPS) is 15.6. The van der Waals surface area contributed by atoms with Crippen LogP contribution in [-0.4, -0.2) is 55.8 Å². The summed E-state index contributed by atoms with van der Waals surface area (Å²) in [5.74, 6) is 1.19. The summed E-state index contributed by atoms with van der Waals surface area (Å²) in [5, 5.41) is 6.82. The predicted octanol–water partition coefficient (Wildman–Crippen LogP) is 2.74. The van der Waals surface area contributed by atoms with Gasteiger partial charge in [0.05, 0.1) is 25.0 Å². The van der Waals surface area contributed by atoms with Gasteiger partial charge in [-0.25, -0.2) is 0 Å². The number of benzene rings is 1. The number of aromatic nitrogens is 1. The van der Waals surface area contributed by atoms with Crippen LogP contribution in [0.4, 0.5) is 11.6 Å². The van der Waals surface area contributed by atoms with Gasteiger partial charge in [0, 0.05) is 37.7 Å². The van der Waals surface area contributed by atoms with Gasteiger partial charge in [-0.3, -0.25) is 15.0 Å². The van der Waals surface area contributed by atoms with Gasteiger partial charge < -0.3 is 14.2 Å². The molecule has 0 radical (unpaired) electrons. The summed E-state index contributed by atoms with van der Waals surface area (Å²) in [7, 11) is 1.69. The first-order valence-corrected chi connectivity index (χ1v) is 9.24. The van der Waals surface area contributed by atoms with Crippen molar-refractivity contribution < 1.29 is 14.1 Å². The van der Waals surface area contributed by atoms with Crippen molar-refractivity contribution in [1.29, 1.82) is 0 Å². The highest BCUT2D eigenvalue weighted by Crippen LogP contribution is 2.28. The molecule has 1 aromatic heterocycles. The number of nitrogens with zero attached hydrogens (tertiary/aromatic N) is 3. The number of rotatable bonds is 5. The number of anilines is 2. The summed E-state index contributed by atoms with van der Waals surface area (Å²) in [4.78, 5) is 16.7. The molecular formula is C20H28N4O3. The highest BCUT2D eigenvalue weighted by Gasteiger charge is 2.23. The first-order valence-electron chi connectivity index (χ1n) is 9.24. The second-order valence-corrected chi connectivity index (χ2v) is 7.81. The molecule has 146 valence electrons. The molecule has 0 bridgehead atoms. The molecule has 0 atom stereocenters. The van der Waals surface area contributed by atoms with Crippen molar-refractivity contribution in [2.24, 2.45) is 0 Å². The van der Waals surface area contributed by atoms with Gasteiger partial charge in [0.25, 0.3) is 0 Å². The molecule has 0 unspecified atom stereocenters. The summed E-state index contributed by atoms with van der Waals surface area (Å²) >= 11 is 0. The minimum Gasteiger partial charge on any atom is -0.495 e. The van der Waals surface area contributed by atoms with E-state index in [1.54, 1.807) is 13.2 Å². The number of carbonyl (C=O) groups excluding carboxylic acids is 1. The van der Waals surface area contributed by atoms with E-state index in [4.69, 9.17) is 9.26 Å². The fourth-order valence-electron chi connectivity index (χ4n) is 3.11. The summed E-state index contributed by atoms with van der Waals surface area (Å²) in [5.41, 5.74) is 1.81. The predicted molar refractivity (Wildman–Crippen MR) is 105 cm³/mol. The highest BCUT2D eigenvalue weighted by atomic mass is 16.5. The Morgan fingerprint density at radius 1 is 1.22 bits per heavy atom. The maximum Gasteiger partial charge on any atom is 0.240 e. The number of amides is 1. The van der Waals surface area contributed by atoms with E-state index in [0.717, 1.165) is 43.3 Å². The number of carbonyl (C=O) groups is 1. The van der Waals surface area contributed by atoms with Gasteiger partial charge in [-0.1, -0.05) is 38.1 Å². The minimum atomic E-state index is -0.110. The van der Waals surface area contributed by atoms with Crippen molar-refractivity contribution in [1.82, 2.24) is 10.1 Å². The van der Waals surface area contributed by atoms with E-state index in [1.807, 2.05) is 18.2 Å². The number of methoxy groups -OCH3 is 1. The van der Waals surface area contributed by atoms with Gasteiger partial charge in [0.2, 0.25) is 11.8 Å². The monoisotopic (exact) mass is 372 g/mol. The number of hydrogen-bond acceptors (Lipinski definition) is 6. The topological polar surface area (TPSA) is 70.8 Å². The Morgan fingerprint density at radius 2 is 1.93 bits per heavy atom. The van der Waals surface area contributed by atoms with Gasteiger partial charge in [-0.05, 0) is 12.1 Å². The zero-order valence-electron chi connectivity index (χ0n) is 16.5. The molecule has 0 aliphatic carbocycles. The first kappa shape index (κ1) is 19.2. The Kier molecular flexibility index (Phi) is 5.70. The number of nitrogens with one attached hydrogen (secondary N) is 1. The van der Waals surface area contributed by atoms with Crippen molar-refractivity contribution in [3.8, 4) is 5.75 Å². The van der Waals surface area contributed by atoms with Crippen LogP contribution < -0.4 is 15.0 Å². The lowest BCUT2D eigenvalue weighted by molar-refractivity contribution is -0.117. The molecule has 1 aliphatic rings. The van der Waals surface area contributed by atoms with Crippen LogP contribution in [0.15, 0.2) is 34.9 Å². The van der Waals surface area contributed by atoms with E-state index in [0.29, 0.717) is 12.4 Å². The van der Waals surface area contributed by atoms with Crippen LogP contribution in [0.2, 0.25) is 0 Å². The molecule has 1 fully saturated rings. The number of piperazine rings is 1. The van der Waals surface area contributed by atoms with Crippen molar-refractivity contribution in [3.63, 3.8) is 0 Å². The number of ether oxygens (including phenoxy) is 1. The molecule has 3 rings (SSSR count). The average molecular weight is 372 g/mol. The lowest BCUT2D eigenvalue weighted by Gasteiger charge is -2.36. The lowest BCUT2D eigenvalue weighted by atomic mass is 9.92. The SMILES string of the molecule is COc1ccccc1N1CCN(CC(=O)Nc2cc(C(C)(C)C)no2)CC1. The third-order valence-electron chi connectivity index (χ3n) is 4.71. The Morgan fingerprint density at radius 3 is 2.56 bits per heavy atom. The molecule has 2 aromatic rings. The molecule has 1 aromatic carbocycles. The summed E-state index contributed by atoms with van der Waals surface area (Å²) in [6.07, 6.45) is 0. The molecule has 1 saturated heterocycles. The zero-order valence-corrected chi connectivity index (χ0v) is 16.5. The molecule has 0 spiro atoms. The fraction of sp³-hybridized carbons (Fsp3) is 0.500. The smallest absolute Gasteiger partial charge is 0.240 e. The molecule has 1 amide bonds. The van der Waals surface area contributed by atoms with E-state index < -0.39 is 0 Å². The molecule has 1 aliphatic heterocycles. The van der Waals surface area contributed by atoms with E-state index in [-0.39, 0.29) is 11.3 Å². The second-order valence-electron chi connectivity index (χ2n) is 7.81. The molecule has 2 heterocycles. The van der Waals surface area contributed by atoms with E-state index in [1.165, 1.54) is 0 Å². The van der Waals surface area contributed by atoms with Crippen molar-refractivity contribution in [3.05, 3.63) is 36.0 Å². The van der Waals surface area contributed by atoms with Crippen molar-refractivity contribution >= 4 is 17.5 Å². The fourth-order valence-corrected chi connectivity index (χ4v) is 3.11. The van der Waals surface area contributed by atoms with Gasteiger partial charge in [0.15, 0.2) is 0 Å². The number of hydrogen-bond donors (Lipinski definition) is 1. The van der Waals surface area contributed by atoms with Gasteiger partial charge in [-0.2, -0.15) is 0 Å². The largest absolute Gasteiger partial charge is 0.495 e. The molecule has 0 saturated carbocycles. The zero-order chi connectivity index (χ0) is 19.4. The van der Waals surface area contributed by atoms with Crippen molar-refractivity contribution in [2.45, 2.75) is 26.2 Å². The quantitative estimate of drug-likeness (QED) is 0.870. The van der Waals surface area contributed by atoms with Crippen LogP contribution in [0.5, 0.6) is 5.75 Å². The minimum absolute atomic E-state index is 0.0858. The number of para-hydroxylation sites is 2. The van der Waals surface area contributed by atoms with E-state index in [9.17, 15) is 4.79 Å². The van der Waals surface area contributed by atoms with E-state index in [2.05, 4.69) is 47.1 Å². The van der Waals surface area contributed by atoms with Gasteiger partial charge in [-0.15, -0.1) is 0 Å². The molecule has 27 heavy (non-hydrogen) atoms. The van der Waals surface area contributed by atoms with E-state index >= 15 is 0 Å². The third kappa shape index (κ3) is 4.80. The van der Waals surface area contributed by atoms with Crippen molar-refractivity contribution in [2.75, 3.05) is 50.1 Å². The van der Waals surface area contributed by atoms with Crippen LogP contribution in [0, 0.1) is 0 Å². The summed E-state index contributed by atoms with van der Waals surface area (Å²) < 4.78 is 10.7. The van der Waals surface area contributed by atoms with Gasteiger partial charge in [0.1, 0.15) is 5.75 Å². The van der Waals surface area contributed by atoms with Gasteiger partial charge >= 0.3 is 0 Å². The Hall–Kier alpha value is -2.54. The molecule has 1 N–H and O–H groups in total. The maximum absolute atomic E-state index is 12.3. The van der Waals surface area contributed by atoms with Crippen LogP contribution in [0.25, 0.3) is 0 Å². The molecule has 7 heteroatoms. The first-order chi connectivity index (χ1) is 12.9. The standard InChI is InChI=1S/C20H28N4O3/c1-20(2,3)17-13-19(27-22-17)21-18(25)14-23-9-11-24(12-10-23)15-7-5-6-8-16(15)26-4/h5-8,13H,9-12,14H2,1-4H3,(H,21,25). The van der Waals surface area contributed by atoms with Crippen LogP contribution in [0.3, 0.4) is 0 Å². The Balaban J connectivity index is 1.50. The summed E-state index contributed by atoms with van der Waals surface area (Å²) in [6.45, 7) is 9.83. The lowest BCUT2D eigenvalue weighted by Crippen LogP contribution is -2.48. The maximum atomic E-state index is 12.3. The van der Waals surface area contributed by atoms with Crippen LogP contribution in [0.1, 0.15) is 26.5 Å². The van der Waals surface area contributed by atoms with Crippen LogP contribution >= 0.6 is 0 Å². The highest BCUT2D eigenvalue weighted by molar-refractivity contribution is 5.91. The second kappa shape index (κ2) is 8.00. The Labute approximate surface area is 160 Å².